The van der Waals surface area contributed by atoms with Crippen molar-refractivity contribution < 1.29 is 14.4 Å². The first-order valence-electron chi connectivity index (χ1n) is 8.13. The van der Waals surface area contributed by atoms with Gasteiger partial charge in [0.05, 0.1) is 0 Å². The molecule has 0 unspecified atom stereocenters. The zero-order valence-corrected chi connectivity index (χ0v) is 14.5. The van der Waals surface area contributed by atoms with Crippen LogP contribution in [0.15, 0.2) is 54.6 Å². The van der Waals surface area contributed by atoms with Gasteiger partial charge in [-0.05, 0) is 17.7 Å². The largest absolute Gasteiger partial charge is 0.352 e. The van der Waals surface area contributed by atoms with Crippen LogP contribution in [0.5, 0.6) is 0 Å². The van der Waals surface area contributed by atoms with E-state index in [0.29, 0.717) is 17.7 Å². The predicted octanol–water partition coefficient (Wildman–Crippen LogP) is 2.67. The Morgan fingerprint density at radius 2 is 1.48 bits per heavy atom. The highest BCUT2D eigenvalue weighted by molar-refractivity contribution is 5.97. The normalized spacial score (nSPS) is 10.2. The molecule has 130 valence electrons. The average molecular weight is 338 g/mol. The molecule has 0 aromatic heterocycles. The lowest BCUT2D eigenvalue weighted by Gasteiger charge is -2.11. The number of carbonyl (C=O) groups excluding carboxylic acids is 3. The molecule has 0 atom stereocenters. The maximum Gasteiger partial charge on any atom is 0.253 e. The van der Waals surface area contributed by atoms with Crippen molar-refractivity contribution in [1.29, 1.82) is 0 Å². The monoisotopic (exact) mass is 338 g/mol. The number of amides is 2. The fourth-order valence-corrected chi connectivity index (χ4v) is 2.31. The van der Waals surface area contributed by atoms with Crippen LogP contribution >= 0.6 is 0 Å². The molecule has 0 bridgehead atoms. The summed E-state index contributed by atoms with van der Waals surface area (Å²) < 4.78 is 0. The Kier molecular flexibility index (Phi) is 6.46. The molecule has 0 saturated heterocycles. The van der Waals surface area contributed by atoms with Crippen molar-refractivity contribution in [2.45, 2.75) is 19.4 Å². The predicted molar refractivity (Wildman–Crippen MR) is 96.3 cm³/mol. The van der Waals surface area contributed by atoms with Gasteiger partial charge in [0.1, 0.15) is 0 Å². The number of ketones is 1. The third-order valence-electron chi connectivity index (χ3n) is 3.77. The van der Waals surface area contributed by atoms with Crippen LogP contribution in [0.2, 0.25) is 0 Å². The first-order valence-corrected chi connectivity index (χ1v) is 8.13. The SMILES string of the molecule is CN(C)C(=O)c1ccc(CNC(=O)CCC(=O)c2ccccc2)cc1. The van der Waals surface area contributed by atoms with E-state index in [1.165, 1.54) is 4.90 Å². The maximum atomic E-state index is 12.0. The van der Waals surface area contributed by atoms with E-state index in [-0.39, 0.29) is 30.4 Å². The molecule has 0 fully saturated rings. The van der Waals surface area contributed by atoms with Gasteiger partial charge in [0.2, 0.25) is 5.91 Å². The summed E-state index contributed by atoms with van der Waals surface area (Å²) >= 11 is 0. The van der Waals surface area contributed by atoms with E-state index in [2.05, 4.69) is 5.32 Å². The van der Waals surface area contributed by atoms with Crippen LogP contribution in [0.25, 0.3) is 0 Å². The molecule has 5 heteroatoms. The van der Waals surface area contributed by atoms with Gasteiger partial charge in [0.15, 0.2) is 5.78 Å². The molecule has 0 aliphatic heterocycles. The molecule has 2 amide bonds. The molecule has 5 nitrogen and oxygen atoms in total. The molecule has 25 heavy (non-hydrogen) atoms. The standard InChI is InChI=1S/C20H22N2O3/c1-22(2)20(25)17-10-8-15(9-11-17)14-21-19(24)13-12-18(23)16-6-4-3-5-7-16/h3-11H,12-14H2,1-2H3,(H,21,24). The summed E-state index contributed by atoms with van der Waals surface area (Å²) in [5.41, 5.74) is 2.13. The number of nitrogens with zero attached hydrogens (tertiary/aromatic N) is 1. The zero-order chi connectivity index (χ0) is 18.2. The molecular formula is C20H22N2O3. The molecular weight excluding hydrogens is 316 g/mol. The molecule has 0 aliphatic carbocycles. The second kappa shape index (κ2) is 8.78. The Bertz CT molecular complexity index is 737. The summed E-state index contributed by atoms with van der Waals surface area (Å²) in [6, 6.07) is 16.0. The van der Waals surface area contributed by atoms with Crippen molar-refractivity contribution in [1.82, 2.24) is 10.2 Å². The smallest absolute Gasteiger partial charge is 0.253 e. The van der Waals surface area contributed by atoms with Crippen LogP contribution in [0, 0.1) is 0 Å². The van der Waals surface area contributed by atoms with Gasteiger partial charge < -0.3 is 10.2 Å². The van der Waals surface area contributed by atoms with Gasteiger partial charge in [-0.2, -0.15) is 0 Å². The summed E-state index contributed by atoms with van der Waals surface area (Å²) in [6.45, 7) is 0.370. The minimum Gasteiger partial charge on any atom is -0.352 e. The first kappa shape index (κ1) is 18.4. The molecule has 0 radical (unpaired) electrons. The number of hydrogen-bond donors (Lipinski definition) is 1. The summed E-state index contributed by atoms with van der Waals surface area (Å²) in [5.74, 6) is -0.268. The second-order valence-corrected chi connectivity index (χ2v) is 5.96. The number of Topliss-reactive ketones (excluding diaryl/α,β-unsaturated/α-hetero) is 1. The summed E-state index contributed by atoms with van der Waals surface area (Å²) in [4.78, 5) is 37.2. The van der Waals surface area contributed by atoms with Crippen molar-refractivity contribution in [3.63, 3.8) is 0 Å². The van der Waals surface area contributed by atoms with Gasteiger partial charge in [-0.15, -0.1) is 0 Å². The molecule has 2 rings (SSSR count). The van der Waals surface area contributed by atoms with Crippen LogP contribution in [0.4, 0.5) is 0 Å². The van der Waals surface area contributed by atoms with Gasteiger partial charge >= 0.3 is 0 Å². The first-order chi connectivity index (χ1) is 12.0. The van der Waals surface area contributed by atoms with Crippen molar-refractivity contribution in [2.24, 2.45) is 0 Å². The molecule has 0 spiro atoms. The number of nitrogens with one attached hydrogen (secondary N) is 1. The highest BCUT2D eigenvalue weighted by Gasteiger charge is 2.10. The van der Waals surface area contributed by atoms with E-state index in [9.17, 15) is 14.4 Å². The van der Waals surface area contributed by atoms with Gasteiger partial charge in [0.25, 0.3) is 5.91 Å². The van der Waals surface area contributed by atoms with Crippen LogP contribution in [0.3, 0.4) is 0 Å². The van der Waals surface area contributed by atoms with Gasteiger partial charge in [0, 0.05) is 44.6 Å². The van der Waals surface area contributed by atoms with Crippen LogP contribution in [-0.2, 0) is 11.3 Å². The van der Waals surface area contributed by atoms with Crippen molar-refractivity contribution in [3.05, 3.63) is 71.3 Å². The van der Waals surface area contributed by atoms with Crippen molar-refractivity contribution in [3.8, 4) is 0 Å². The van der Waals surface area contributed by atoms with Crippen molar-refractivity contribution in [2.75, 3.05) is 14.1 Å². The lowest BCUT2D eigenvalue weighted by molar-refractivity contribution is -0.121. The third-order valence-corrected chi connectivity index (χ3v) is 3.77. The Morgan fingerprint density at radius 1 is 0.840 bits per heavy atom. The number of carbonyl (C=O) groups is 3. The minimum absolute atomic E-state index is 0.0395. The fraction of sp³-hybridized carbons (Fsp3) is 0.250. The van der Waals surface area contributed by atoms with Crippen LogP contribution < -0.4 is 5.32 Å². The molecule has 0 heterocycles. The highest BCUT2D eigenvalue weighted by atomic mass is 16.2. The lowest BCUT2D eigenvalue weighted by atomic mass is 10.1. The number of rotatable bonds is 7. The molecule has 0 aliphatic rings. The van der Waals surface area contributed by atoms with Gasteiger partial charge in [-0.25, -0.2) is 0 Å². The topological polar surface area (TPSA) is 66.5 Å². The number of benzene rings is 2. The van der Waals surface area contributed by atoms with Crippen LogP contribution in [0.1, 0.15) is 39.1 Å². The fourth-order valence-electron chi connectivity index (χ4n) is 2.31. The molecule has 2 aromatic rings. The molecule has 0 saturated carbocycles. The molecule has 2 aromatic carbocycles. The quantitative estimate of drug-likeness (QED) is 0.789. The maximum absolute atomic E-state index is 12.0. The van der Waals surface area contributed by atoms with Gasteiger partial charge in [-0.3, -0.25) is 14.4 Å². The Morgan fingerprint density at radius 3 is 2.08 bits per heavy atom. The number of hydrogen-bond acceptors (Lipinski definition) is 3. The summed E-state index contributed by atoms with van der Waals surface area (Å²) in [6.07, 6.45) is 0.344. The average Bonchev–Trinajstić information content (AvgIpc) is 2.64. The van der Waals surface area contributed by atoms with E-state index in [4.69, 9.17) is 0 Å². The second-order valence-electron chi connectivity index (χ2n) is 5.96. The van der Waals surface area contributed by atoms with Crippen LogP contribution in [-0.4, -0.2) is 36.6 Å². The Hall–Kier alpha value is -2.95. The van der Waals surface area contributed by atoms with Crippen molar-refractivity contribution >= 4 is 17.6 Å². The van der Waals surface area contributed by atoms with E-state index in [1.807, 2.05) is 18.2 Å². The lowest BCUT2D eigenvalue weighted by Crippen LogP contribution is -2.24. The van der Waals surface area contributed by atoms with E-state index in [0.717, 1.165) is 5.56 Å². The van der Waals surface area contributed by atoms with E-state index < -0.39 is 0 Å². The Labute approximate surface area is 147 Å². The third kappa shape index (κ3) is 5.57. The molecule has 1 N–H and O–H groups in total. The highest BCUT2D eigenvalue weighted by Crippen LogP contribution is 2.07. The van der Waals surface area contributed by atoms with E-state index in [1.54, 1.807) is 50.5 Å². The Balaban J connectivity index is 1.78. The minimum atomic E-state index is -0.169. The van der Waals surface area contributed by atoms with Gasteiger partial charge in [-0.1, -0.05) is 42.5 Å². The van der Waals surface area contributed by atoms with E-state index >= 15 is 0 Å². The zero-order valence-electron chi connectivity index (χ0n) is 14.5. The summed E-state index contributed by atoms with van der Waals surface area (Å²) in [7, 11) is 3.40. The summed E-state index contributed by atoms with van der Waals surface area (Å²) in [5, 5.41) is 2.79.